The number of nitrogens with zero attached hydrogens (tertiary/aromatic N) is 3. The van der Waals surface area contributed by atoms with Gasteiger partial charge in [0.05, 0.1) is 0 Å². The van der Waals surface area contributed by atoms with Crippen molar-refractivity contribution in [3.8, 4) is 0 Å². The minimum Gasteiger partial charge on any atom is -0.399 e. The molecular formula is C19H30Cl2N6. The Hall–Kier alpha value is -1.76. The van der Waals surface area contributed by atoms with Crippen LogP contribution in [-0.4, -0.2) is 29.1 Å². The Bertz CT molecular complexity index is 695. The molecule has 27 heavy (non-hydrogen) atoms. The molecule has 6 nitrogen and oxygen atoms in total. The summed E-state index contributed by atoms with van der Waals surface area (Å²) in [5, 5.41) is 3.30. The van der Waals surface area contributed by atoms with Gasteiger partial charge >= 0.3 is 0 Å². The summed E-state index contributed by atoms with van der Waals surface area (Å²) in [6.45, 7) is 4.05. The highest BCUT2D eigenvalue weighted by Crippen LogP contribution is 2.22. The number of benzene rings is 1. The van der Waals surface area contributed by atoms with Crippen molar-refractivity contribution >= 4 is 48.0 Å². The largest absolute Gasteiger partial charge is 0.399 e. The number of nitrogen functional groups attached to an aromatic ring is 1. The summed E-state index contributed by atoms with van der Waals surface area (Å²) in [4.78, 5) is 11.7. The van der Waals surface area contributed by atoms with Crippen LogP contribution < -0.4 is 21.7 Å². The van der Waals surface area contributed by atoms with Crippen molar-refractivity contribution in [3.05, 3.63) is 36.0 Å². The molecule has 0 radical (unpaired) electrons. The molecule has 2 heterocycles. The minimum atomic E-state index is 0. The number of nitrogens with one attached hydrogen (secondary N) is 1. The lowest BCUT2D eigenvalue weighted by Crippen LogP contribution is -2.43. The molecule has 0 saturated carbocycles. The summed E-state index contributed by atoms with van der Waals surface area (Å²) in [7, 11) is 0. The fraction of sp³-hybridized carbons (Fsp3) is 0.474. The van der Waals surface area contributed by atoms with Crippen LogP contribution in [0.1, 0.15) is 38.3 Å². The molecule has 0 unspecified atom stereocenters. The molecule has 5 N–H and O–H groups in total. The van der Waals surface area contributed by atoms with Crippen molar-refractivity contribution in [1.29, 1.82) is 0 Å². The molecule has 3 rings (SSSR count). The summed E-state index contributed by atoms with van der Waals surface area (Å²) in [5.74, 6) is 1.60. The second kappa shape index (κ2) is 11.2. The van der Waals surface area contributed by atoms with E-state index in [0.29, 0.717) is 5.95 Å². The Balaban J connectivity index is 0.00000182. The molecule has 0 amide bonds. The first kappa shape index (κ1) is 23.3. The molecule has 1 aromatic heterocycles. The second-order valence-electron chi connectivity index (χ2n) is 6.74. The Morgan fingerprint density at radius 2 is 1.93 bits per heavy atom. The maximum atomic E-state index is 6.14. The molecule has 0 aliphatic carbocycles. The molecule has 0 spiro atoms. The average Bonchev–Trinajstić information content (AvgIpc) is 2.62. The summed E-state index contributed by atoms with van der Waals surface area (Å²) < 4.78 is 0. The Morgan fingerprint density at radius 3 is 2.59 bits per heavy atom. The fourth-order valence-electron chi connectivity index (χ4n) is 3.10. The van der Waals surface area contributed by atoms with Crippen LogP contribution in [0.3, 0.4) is 0 Å². The number of piperidine rings is 1. The van der Waals surface area contributed by atoms with Crippen LogP contribution in [-0.2, 0) is 6.42 Å². The van der Waals surface area contributed by atoms with Crippen LogP contribution in [0.15, 0.2) is 30.3 Å². The van der Waals surface area contributed by atoms with Gasteiger partial charge in [-0.1, -0.05) is 13.3 Å². The highest BCUT2D eigenvalue weighted by Gasteiger charge is 2.19. The van der Waals surface area contributed by atoms with Crippen molar-refractivity contribution in [1.82, 2.24) is 9.97 Å². The molecule has 8 heteroatoms. The number of halogens is 2. The SMILES string of the molecule is CCCCc1cc(N2CCC[C@@H](N)C2)nc(Nc2ccc(N)cc2)n1.Cl.Cl. The first-order valence-corrected chi connectivity index (χ1v) is 9.15. The molecule has 1 aliphatic heterocycles. The number of unbranched alkanes of at least 4 members (excludes halogenated alkanes) is 1. The molecular weight excluding hydrogens is 383 g/mol. The van der Waals surface area contributed by atoms with Crippen molar-refractivity contribution in [3.63, 3.8) is 0 Å². The molecule has 1 fully saturated rings. The zero-order chi connectivity index (χ0) is 17.6. The van der Waals surface area contributed by atoms with Crippen LogP contribution in [0.5, 0.6) is 0 Å². The smallest absolute Gasteiger partial charge is 0.229 e. The van der Waals surface area contributed by atoms with Gasteiger partial charge in [0.2, 0.25) is 5.95 Å². The number of hydrogen-bond donors (Lipinski definition) is 3. The maximum Gasteiger partial charge on any atom is 0.229 e. The number of aryl methyl sites for hydroxylation is 1. The number of hydrogen-bond acceptors (Lipinski definition) is 6. The Morgan fingerprint density at radius 1 is 1.19 bits per heavy atom. The molecule has 1 aromatic carbocycles. The molecule has 1 aliphatic rings. The third kappa shape index (κ3) is 6.72. The van der Waals surface area contributed by atoms with Crippen molar-refractivity contribution in [2.24, 2.45) is 5.73 Å². The first-order chi connectivity index (χ1) is 12.1. The maximum absolute atomic E-state index is 6.14. The topological polar surface area (TPSA) is 93.1 Å². The van der Waals surface area contributed by atoms with E-state index in [0.717, 1.165) is 68.1 Å². The average molecular weight is 413 g/mol. The predicted octanol–water partition coefficient (Wildman–Crippen LogP) is 3.92. The van der Waals surface area contributed by atoms with E-state index in [1.165, 1.54) is 0 Å². The fourth-order valence-corrected chi connectivity index (χ4v) is 3.10. The predicted molar refractivity (Wildman–Crippen MR) is 119 cm³/mol. The van der Waals surface area contributed by atoms with E-state index >= 15 is 0 Å². The van der Waals surface area contributed by atoms with E-state index in [9.17, 15) is 0 Å². The zero-order valence-corrected chi connectivity index (χ0v) is 17.4. The lowest BCUT2D eigenvalue weighted by atomic mass is 10.1. The number of rotatable bonds is 6. The van der Waals surface area contributed by atoms with Crippen molar-refractivity contribution in [2.45, 2.75) is 45.1 Å². The second-order valence-corrected chi connectivity index (χ2v) is 6.74. The van der Waals surface area contributed by atoms with E-state index in [1.807, 2.05) is 24.3 Å². The van der Waals surface area contributed by atoms with E-state index in [1.54, 1.807) is 0 Å². The van der Waals surface area contributed by atoms with Gasteiger partial charge < -0.3 is 21.7 Å². The van der Waals surface area contributed by atoms with Gasteiger partial charge in [0, 0.05) is 42.3 Å². The summed E-state index contributed by atoms with van der Waals surface area (Å²) in [5.41, 5.74) is 14.6. The van der Waals surface area contributed by atoms with Crippen LogP contribution in [0, 0.1) is 0 Å². The molecule has 0 bridgehead atoms. The highest BCUT2D eigenvalue weighted by molar-refractivity contribution is 5.85. The van der Waals surface area contributed by atoms with Crippen LogP contribution >= 0.6 is 24.8 Å². The van der Waals surface area contributed by atoms with Crippen LogP contribution in [0.2, 0.25) is 0 Å². The van der Waals surface area contributed by atoms with Gasteiger partial charge in [-0.15, -0.1) is 24.8 Å². The quantitative estimate of drug-likeness (QED) is 0.622. The van der Waals surface area contributed by atoms with E-state index < -0.39 is 0 Å². The Kier molecular flexibility index (Phi) is 9.63. The number of anilines is 4. The van der Waals surface area contributed by atoms with Gasteiger partial charge in [-0.25, -0.2) is 4.98 Å². The highest BCUT2D eigenvalue weighted by atomic mass is 35.5. The molecule has 2 aromatic rings. The standard InChI is InChI=1S/C19H28N6.2ClH/c1-2-3-6-17-12-18(25-11-4-5-15(21)13-25)24-19(23-17)22-16-9-7-14(20)8-10-16;;/h7-10,12,15H,2-6,11,13,20-21H2,1H3,(H,22,23,24);2*1H/t15-;;/m1../s1. The van der Waals surface area contributed by atoms with Crippen molar-refractivity contribution < 1.29 is 0 Å². The van der Waals surface area contributed by atoms with Gasteiger partial charge in [-0.3, -0.25) is 0 Å². The van der Waals surface area contributed by atoms with Crippen molar-refractivity contribution in [2.75, 3.05) is 29.0 Å². The summed E-state index contributed by atoms with van der Waals surface area (Å²) in [6.07, 6.45) is 5.42. The molecule has 150 valence electrons. The van der Waals surface area contributed by atoms with Crippen LogP contribution in [0.25, 0.3) is 0 Å². The first-order valence-electron chi connectivity index (χ1n) is 9.15. The lowest BCUT2D eigenvalue weighted by molar-refractivity contribution is 0.503. The molecule has 1 atom stereocenters. The zero-order valence-electron chi connectivity index (χ0n) is 15.7. The number of aromatic nitrogens is 2. The lowest BCUT2D eigenvalue weighted by Gasteiger charge is -2.32. The third-order valence-corrected chi connectivity index (χ3v) is 4.50. The normalized spacial score (nSPS) is 16.2. The minimum absolute atomic E-state index is 0. The summed E-state index contributed by atoms with van der Waals surface area (Å²) >= 11 is 0. The van der Waals surface area contributed by atoms with Gasteiger partial charge in [-0.2, -0.15) is 4.98 Å². The van der Waals surface area contributed by atoms with E-state index in [2.05, 4.69) is 23.2 Å². The Labute approximate surface area is 174 Å². The van der Waals surface area contributed by atoms with Crippen LogP contribution in [0.4, 0.5) is 23.1 Å². The van der Waals surface area contributed by atoms with Gasteiger partial charge in [0.15, 0.2) is 0 Å². The number of nitrogens with two attached hydrogens (primary N) is 2. The monoisotopic (exact) mass is 412 g/mol. The van der Waals surface area contributed by atoms with Gasteiger partial charge in [-0.05, 0) is 49.9 Å². The van der Waals surface area contributed by atoms with Gasteiger partial charge in [0.1, 0.15) is 5.82 Å². The van der Waals surface area contributed by atoms with E-state index in [4.69, 9.17) is 21.4 Å². The summed E-state index contributed by atoms with van der Waals surface area (Å²) in [6, 6.07) is 9.95. The van der Waals surface area contributed by atoms with E-state index in [-0.39, 0.29) is 30.9 Å². The van der Waals surface area contributed by atoms with Gasteiger partial charge in [0.25, 0.3) is 0 Å². The molecule has 1 saturated heterocycles. The third-order valence-electron chi connectivity index (χ3n) is 4.50.